The lowest BCUT2D eigenvalue weighted by molar-refractivity contribution is -0.384. The van der Waals surface area contributed by atoms with Gasteiger partial charge in [-0.3, -0.25) is 14.9 Å². The Hall–Kier alpha value is -2.11. The number of H-pyrrole nitrogens is 1. The Morgan fingerprint density at radius 1 is 1.69 bits per heavy atom. The SMILES string of the molecule is NC(=O)C=Cc1cc([N+](=O)[O-])c[nH]1. The van der Waals surface area contributed by atoms with Gasteiger partial charge in [-0.2, -0.15) is 0 Å². The molecule has 0 aliphatic heterocycles. The smallest absolute Gasteiger partial charge is 0.287 e. The van der Waals surface area contributed by atoms with Crippen molar-refractivity contribution in [1.82, 2.24) is 4.98 Å². The molecule has 0 bridgehead atoms. The van der Waals surface area contributed by atoms with E-state index in [0.717, 1.165) is 6.08 Å². The van der Waals surface area contributed by atoms with Crippen molar-refractivity contribution in [3.63, 3.8) is 0 Å². The maximum atomic E-state index is 10.3. The fraction of sp³-hybridized carbons (Fsp3) is 0. The quantitative estimate of drug-likeness (QED) is 0.401. The zero-order valence-electron chi connectivity index (χ0n) is 6.56. The molecule has 13 heavy (non-hydrogen) atoms. The van der Waals surface area contributed by atoms with E-state index in [0.29, 0.717) is 5.69 Å². The van der Waals surface area contributed by atoms with Crippen molar-refractivity contribution in [1.29, 1.82) is 0 Å². The van der Waals surface area contributed by atoms with E-state index in [2.05, 4.69) is 4.98 Å². The minimum Gasteiger partial charge on any atom is -0.366 e. The first kappa shape index (κ1) is 8.98. The second kappa shape index (κ2) is 3.53. The number of nitro groups is 1. The molecule has 0 aromatic carbocycles. The van der Waals surface area contributed by atoms with Gasteiger partial charge in [0.25, 0.3) is 5.69 Å². The Balaban J connectivity index is 2.80. The molecule has 6 heteroatoms. The Bertz CT molecular complexity index is 367. The molecule has 0 radical (unpaired) electrons. The lowest BCUT2D eigenvalue weighted by atomic mass is 10.3. The third-order valence-corrected chi connectivity index (χ3v) is 1.33. The summed E-state index contributed by atoms with van der Waals surface area (Å²) >= 11 is 0. The van der Waals surface area contributed by atoms with Gasteiger partial charge in [0.1, 0.15) is 0 Å². The Morgan fingerprint density at radius 3 is 2.85 bits per heavy atom. The molecule has 0 saturated carbocycles. The van der Waals surface area contributed by atoms with Crippen LogP contribution in [-0.4, -0.2) is 15.8 Å². The first-order chi connectivity index (χ1) is 6.09. The van der Waals surface area contributed by atoms with Gasteiger partial charge in [0, 0.05) is 17.8 Å². The van der Waals surface area contributed by atoms with Gasteiger partial charge in [-0.15, -0.1) is 0 Å². The van der Waals surface area contributed by atoms with Gasteiger partial charge in [0.05, 0.1) is 11.1 Å². The summed E-state index contributed by atoms with van der Waals surface area (Å²) in [4.78, 5) is 22.6. The lowest BCUT2D eigenvalue weighted by Gasteiger charge is -1.81. The highest BCUT2D eigenvalue weighted by atomic mass is 16.6. The van der Waals surface area contributed by atoms with Crippen LogP contribution >= 0.6 is 0 Å². The third-order valence-electron chi connectivity index (χ3n) is 1.33. The van der Waals surface area contributed by atoms with E-state index in [1.54, 1.807) is 0 Å². The maximum Gasteiger partial charge on any atom is 0.287 e. The second-order valence-corrected chi connectivity index (χ2v) is 2.31. The van der Waals surface area contributed by atoms with Gasteiger partial charge in [0.15, 0.2) is 0 Å². The molecule has 1 heterocycles. The number of aromatic nitrogens is 1. The summed E-state index contributed by atoms with van der Waals surface area (Å²) in [6.45, 7) is 0. The molecule has 3 N–H and O–H groups in total. The number of nitrogens with two attached hydrogens (primary N) is 1. The van der Waals surface area contributed by atoms with Gasteiger partial charge in [0.2, 0.25) is 5.91 Å². The molecular weight excluding hydrogens is 174 g/mol. The molecule has 0 fully saturated rings. The second-order valence-electron chi connectivity index (χ2n) is 2.31. The van der Waals surface area contributed by atoms with Crippen molar-refractivity contribution >= 4 is 17.7 Å². The topological polar surface area (TPSA) is 102 Å². The molecular formula is C7H7N3O3. The number of nitrogens with one attached hydrogen (secondary N) is 1. The monoisotopic (exact) mass is 181 g/mol. The van der Waals surface area contributed by atoms with E-state index in [1.165, 1.54) is 18.3 Å². The fourth-order valence-corrected chi connectivity index (χ4v) is 0.773. The molecule has 1 aromatic rings. The van der Waals surface area contributed by atoms with Crippen LogP contribution in [0.3, 0.4) is 0 Å². The molecule has 0 saturated heterocycles. The first-order valence-corrected chi connectivity index (χ1v) is 3.40. The number of carbonyl (C=O) groups is 1. The average Bonchev–Trinajstić information content (AvgIpc) is 2.48. The summed E-state index contributed by atoms with van der Waals surface area (Å²) in [6.07, 6.45) is 3.73. The summed E-state index contributed by atoms with van der Waals surface area (Å²) in [5.74, 6) is -0.600. The van der Waals surface area contributed by atoms with E-state index >= 15 is 0 Å². The van der Waals surface area contributed by atoms with Gasteiger partial charge in [-0.25, -0.2) is 0 Å². The van der Waals surface area contributed by atoms with Crippen LogP contribution in [0.1, 0.15) is 5.69 Å². The normalized spacial score (nSPS) is 10.5. The van der Waals surface area contributed by atoms with Crippen molar-refractivity contribution in [2.75, 3.05) is 0 Å². The van der Waals surface area contributed by atoms with Crippen LogP contribution in [0.25, 0.3) is 6.08 Å². The van der Waals surface area contributed by atoms with Crippen LogP contribution in [0.4, 0.5) is 5.69 Å². The molecule has 68 valence electrons. The maximum absolute atomic E-state index is 10.3. The highest BCUT2D eigenvalue weighted by molar-refractivity contribution is 5.90. The van der Waals surface area contributed by atoms with Crippen molar-refractivity contribution in [2.24, 2.45) is 5.73 Å². The van der Waals surface area contributed by atoms with Gasteiger partial charge < -0.3 is 10.7 Å². The first-order valence-electron chi connectivity index (χ1n) is 3.40. The minimum absolute atomic E-state index is 0.0517. The zero-order chi connectivity index (χ0) is 9.84. The predicted molar refractivity (Wildman–Crippen MR) is 45.7 cm³/mol. The summed E-state index contributed by atoms with van der Waals surface area (Å²) in [5, 5.41) is 10.2. The van der Waals surface area contributed by atoms with Crippen LogP contribution < -0.4 is 5.73 Å². The molecule has 0 unspecified atom stereocenters. The van der Waals surface area contributed by atoms with Crippen LogP contribution in [0.2, 0.25) is 0 Å². The average molecular weight is 181 g/mol. The standard InChI is InChI=1S/C7H7N3O3/c8-7(11)2-1-5-3-6(4-9-5)10(12)13/h1-4,9H,(H2,8,11). The Kier molecular flexibility index (Phi) is 2.44. The number of carbonyl (C=O) groups excluding carboxylic acids is 1. The fourth-order valence-electron chi connectivity index (χ4n) is 0.773. The highest BCUT2D eigenvalue weighted by Gasteiger charge is 2.06. The molecule has 0 aliphatic rings. The predicted octanol–water partition coefficient (Wildman–Crippen LogP) is 0.421. The van der Waals surface area contributed by atoms with Gasteiger partial charge >= 0.3 is 0 Å². The summed E-state index contributed by atoms with van der Waals surface area (Å²) in [7, 11) is 0. The number of primary amides is 1. The van der Waals surface area contributed by atoms with E-state index in [-0.39, 0.29) is 5.69 Å². The summed E-state index contributed by atoms with van der Waals surface area (Å²) in [5.41, 5.74) is 5.25. The molecule has 1 rings (SSSR count). The number of rotatable bonds is 3. The van der Waals surface area contributed by atoms with Crippen molar-refractivity contribution in [3.05, 3.63) is 34.1 Å². The number of amides is 1. The van der Waals surface area contributed by atoms with E-state index in [9.17, 15) is 14.9 Å². The van der Waals surface area contributed by atoms with Crippen LogP contribution in [0.5, 0.6) is 0 Å². The molecule has 1 aromatic heterocycles. The minimum atomic E-state index is -0.600. The van der Waals surface area contributed by atoms with Crippen molar-refractivity contribution < 1.29 is 9.72 Å². The molecule has 0 spiro atoms. The van der Waals surface area contributed by atoms with Crippen LogP contribution in [0, 0.1) is 10.1 Å². The number of nitrogens with zero attached hydrogens (tertiary/aromatic N) is 1. The molecule has 6 nitrogen and oxygen atoms in total. The number of hydrogen-bond acceptors (Lipinski definition) is 3. The van der Waals surface area contributed by atoms with E-state index in [4.69, 9.17) is 5.73 Å². The summed E-state index contributed by atoms with van der Waals surface area (Å²) < 4.78 is 0. The highest BCUT2D eigenvalue weighted by Crippen LogP contribution is 2.12. The largest absolute Gasteiger partial charge is 0.366 e. The molecule has 0 aliphatic carbocycles. The summed E-state index contributed by atoms with van der Waals surface area (Å²) in [6, 6.07) is 1.30. The molecule has 1 amide bonds. The number of aromatic amines is 1. The Labute approximate surface area is 73.2 Å². The van der Waals surface area contributed by atoms with Crippen LogP contribution in [0.15, 0.2) is 18.3 Å². The number of hydrogen-bond donors (Lipinski definition) is 2. The lowest BCUT2D eigenvalue weighted by Crippen LogP contribution is -2.05. The van der Waals surface area contributed by atoms with Crippen LogP contribution in [-0.2, 0) is 4.79 Å². The van der Waals surface area contributed by atoms with E-state index in [1.807, 2.05) is 0 Å². The van der Waals surface area contributed by atoms with Crippen molar-refractivity contribution in [2.45, 2.75) is 0 Å². The third kappa shape index (κ3) is 2.44. The van der Waals surface area contributed by atoms with Gasteiger partial charge in [-0.05, 0) is 6.08 Å². The van der Waals surface area contributed by atoms with Gasteiger partial charge in [-0.1, -0.05) is 0 Å². The molecule has 0 atom stereocenters. The van der Waals surface area contributed by atoms with E-state index < -0.39 is 10.8 Å². The Morgan fingerprint density at radius 2 is 2.38 bits per heavy atom. The van der Waals surface area contributed by atoms with Crippen molar-refractivity contribution in [3.8, 4) is 0 Å². The zero-order valence-corrected chi connectivity index (χ0v) is 6.56.